The van der Waals surface area contributed by atoms with E-state index in [1.165, 1.54) is 36.8 Å². The van der Waals surface area contributed by atoms with Crippen molar-refractivity contribution in [1.29, 1.82) is 0 Å². The molecule has 26 heavy (non-hydrogen) atoms. The highest BCUT2D eigenvalue weighted by Crippen LogP contribution is 2.23. The summed E-state index contributed by atoms with van der Waals surface area (Å²) in [7, 11) is 0. The molecule has 1 N–H and O–H groups in total. The van der Waals surface area contributed by atoms with Crippen LogP contribution in [0.2, 0.25) is 0 Å². The first-order valence-corrected chi connectivity index (χ1v) is 7.87. The average Bonchev–Trinajstić information content (AvgIpc) is 2.64. The van der Waals surface area contributed by atoms with Gasteiger partial charge in [0.05, 0.1) is 11.1 Å². The average molecular weight is 359 g/mol. The smallest absolute Gasteiger partial charge is 0.275 e. The molecule has 0 aliphatic rings. The fraction of sp³-hybridized carbons (Fsp3) is 0.235. The Kier molecular flexibility index (Phi) is 4.97. The van der Waals surface area contributed by atoms with Crippen molar-refractivity contribution in [3.05, 3.63) is 58.4 Å². The van der Waals surface area contributed by atoms with Gasteiger partial charge in [-0.15, -0.1) is 0 Å². The van der Waals surface area contributed by atoms with E-state index in [4.69, 9.17) is 0 Å². The van der Waals surface area contributed by atoms with Crippen LogP contribution in [0.25, 0.3) is 10.8 Å². The Bertz CT molecular complexity index is 1010. The van der Waals surface area contributed by atoms with Crippen molar-refractivity contribution in [3.8, 4) is 0 Å². The fourth-order valence-corrected chi connectivity index (χ4v) is 2.56. The molecule has 134 valence electrons. The van der Waals surface area contributed by atoms with Crippen LogP contribution in [0, 0.1) is 0 Å². The van der Waals surface area contributed by atoms with Gasteiger partial charge in [0.25, 0.3) is 12.0 Å². The van der Waals surface area contributed by atoms with Gasteiger partial charge in [-0.1, -0.05) is 13.0 Å². The number of anilines is 1. The largest absolute Gasteiger partial charge is 0.309 e. The Hall–Kier alpha value is -3.23. The van der Waals surface area contributed by atoms with Crippen LogP contribution < -0.4 is 10.9 Å². The monoisotopic (exact) mass is 359 g/mol. The normalized spacial score (nSPS) is 11.1. The van der Waals surface area contributed by atoms with E-state index in [-0.39, 0.29) is 17.5 Å². The van der Waals surface area contributed by atoms with Crippen molar-refractivity contribution in [2.45, 2.75) is 26.3 Å². The number of nitrogens with zero attached hydrogens (tertiary/aromatic N) is 4. The Balaban J connectivity index is 1.96. The van der Waals surface area contributed by atoms with Crippen molar-refractivity contribution < 1.29 is 13.6 Å². The number of alkyl halides is 2. The fourth-order valence-electron chi connectivity index (χ4n) is 2.56. The molecule has 7 nitrogen and oxygen atoms in total. The van der Waals surface area contributed by atoms with Crippen LogP contribution in [0.4, 0.5) is 14.6 Å². The van der Waals surface area contributed by atoms with E-state index >= 15 is 0 Å². The molecule has 0 spiro atoms. The predicted octanol–water partition coefficient (Wildman–Crippen LogP) is 2.33. The lowest BCUT2D eigenvalue weighted by molar-refractivity contribution is -0.117. The molecule has 1 aromatic carbocycles. The zero-order valence-electron chi connectivity index (χ0n) is 13.8. The van der Waals surface area contributed by atoms with Gasteiger partial charge in [-0.25, -0.2) is 23.4 Å². The summed E-state index contributed by atoms with van der Waals surface area (Å²) in [6.45, 7) is 1.48. The molecule has 0 saturated carbocycles. The molecule has 2 aromatic heterocycles. The number of hydrogen-bond donors (Lipinski definition) is 1. The lowest BCUT2D eigenvalue weighted by atomic mass is 10.1. The lowest BCUT2D eigenvalue weighted by Gasteiger charge is -2.11. The number of carbonyl (C=O) groups is 1. The van der Waals surface area contributed by atoms with Crippen LogP contribution in [-0.2, 0) is 17.8 Å². The number of halogens is 2. The van der Waals surface area contributed by atoms with Crippen LogP contribution in [0.15, 0.2) is 41.6 Å². The number of rotatable bonds is 5. The summed E-state index contributed by atoms with van der Waals surface area (Å²) in [4.78, 5) is 32.3. The van der Waals surface area contributed by atoms with Crippen LogP contribution in [0.5, 0.6) is 0 Å². The second-order valence-electron chi connectivity index (χ2n) is 5.51. The van der Waals surface area contributed by atoms with Gasteiger partial charge in [0.2, 0.25) is 5.91 Å². The number of amides is 1. The minimum absolute atomic E-state index is 0.173. The van der Waals surface area contributed by atoms with Crippen molar-refractivity contribution in [2.75, 3.05) is 5.32 Å². The first-order valence-electron chi connectivity index (χ1n) is 7.87. The second-order valence-corrected chi connectivity index (χ2v) is 5.51. The molecule has 0 fully saturated rings. The van der Waals surface area contributed by atoms with Gasteiger partial charge in [-0.05, 0) is 24.6 Å². The van der Waals surface area contributed by atoms with Gasteiger partial charge in [0.1, 0.15) is 18.7 Å². The van der Waals surface area contributed by atoms with E-state index in [1.54, 1.807) is 6.92 Å². The highest BCUT2D eigenvalue weighted by Gasteiger charge is 2.15. The maximum absolute atomic E-state index is 12.9. The zero-order chi connectivity index (χ0) is 18.7. The van der Waals surface area contributed by atoms with Crippen LogP contribution in [0.1, 0.15) is 24.6 Å². The summed E-state index contributed by atoms with van der Waals surface area (Å²) in [6, 6.07) is 5.34. The highest BCUT2D eigenvalue weighted by molar-refractivity contribution is 5.90. The van der Waals surface area contributed by atoms with Gasteiger partial charge in [0.15, 0.2) is 0 Å². The van der Waals surface area contributed by atoms with Crippen LogP contribution >= 0.6 is 0 Å². The van der Waals surface area contributed by atoms with E-state index in [9.17, 15) is 18.4 Å². The van der Waals surface area contributed by atoms with E-state index in [0.717, 1.165) is 4.68 Å². The molecule has 0 aliphatic heterocycles. The summed E-state index contributed by atoms with van der Waals surface area (Å²) in [6.07, 6.45) is 0.548. The minimum Gasteiger partial charge on any atom is -0.309 e. The molecule has 3 rings (SSSR count). The molecule has 1 amide bonds. The Morgan fingerprint density at radius 2 is 2.08 bits per heavy atom. The Labute approximate surface area is 146 Å². The van der Waals surface area contributed by atoms with E-state index in [0.29, 0.717) is 23.3 Å². The molecule has 0 radical (unpaired) electrons. The molecule has 3 aromatic rings. The zero-order valence-corrected chi connectivity index (χ0v) is 13.8. The quantitative estimate of drug-likeness (QED) is 0.755. The number of nitrogens with one attached hydrogen (secondary N) is 1. The minimum atomic E-state index is -2.63. The highest BCUT2D eigenvalue weighted by atomic mass is 19.3. The van der Waals surface area contributed by atoms with Crippen molar-refractivity contribution in [2.24, 2.45) is 0 Å². The predicted molar refractivity (Wildman–Crippen MR) is 91.0 cm³/mol. The molecule has 0 aliphatic carbocycles. The maximum atomic E-state index is 12.9. The summed E-state index contributed by atoms with van der Waals surface area (Å²) in [5, 5.41) is 7.33. The number of hydrogen-bond acceptors (Lipinski definition) is 5. The molecule has 0 atom stereocenters. The molecular formula is C17H15F2N5O2. The van der Waals surface area contributed by atoms with Gasteiger partial charge in [-0.3, -0.25) is 9.59 Å². The Morgan fingerprint density at radius 1 is 1.27 bits per heavy atom. The summed E-state index contributed by atoms with van der Waals surface area (Å²) >= 11 is 0. The first-order chi connectivity index (χ1) is 12.5. The molecule has 9 heteroatoms. The third kappa shape index (κ3) is 3.56. The summed E-state index contributed by atoms with van der Waals surface area (Å²) < 4.78 is 26.9. The molecular weight excluding hydrogens is 344 g/mol. The van der Waals surface area contributed by atoms with Gasteiger partial charge in [-0.2, -0.15) is 5.10 Å². The van der Waals surface area contributed by atoms with Crippen molar-refractivity contribution in [1.82, 2.24) is 19.7 Å². The summed E-state index contributed by atoms with van der Waals surface area (Å²) in [5.41, 5.74) is -0.222. The van der Waals surface area contributed by atoms with Gasteiger partial charge < -0.3 is 5.32 Å². The van der Waals surface area contributed by atoms with Crippen molar-refractivity contribution in [3.63, 3.8) is 0 Å². The maximum Gasteiger partial charge on any atom is 0.275 e. The van der Waals surface area contributed by atoms with Crippen molar-refractivity contribution >= 4 is 22.5 Å². The van der Waals surface area contributed by atoms with E-state index in [1.807, 2.05) is 0 Å². The standard InChI is InChI=1S/C17H15F2N5O2/c1-2-13-12-7-10(16(18)19)3-4-11(12)17(26)24(23-13)8-15(25)22-14-5-6-20-9-21-14/h3-7,9,16H,2,8H2,1H3,(H,20,21,22,25). The van der Waals surface area contributed by atoms with Crippen LogP contribution in [-0.4, -0.2) is 25.7 Å². The van der Waals surface area contributed by atoms with E-state index in [2.05, 4.69) is 20.4 Å². The molecule has 0 bridgehead atoms. The first kappa shape index (κ1) is 17.6. The number of benzene rings is 1. The number of aryl methyl sites for hydroxylation is 1. The molecule has 0 saturated heterocycles. The summed E-state index contributed by atoms with van der Waals surface area (Å²) in [5.74, 6) is -0.181. The number of carbonyl (C=O) groups excluding carboxylic acids is 1. The second kappa shape index (κ2) is 7.34. The molecule has 0 unspecified atom stereocenters. The molecule has 2 heterocycles. The number of aromatic nitrogens is 4. The van der Waals surface area contributed by atoms with Gasteiger partial charge in [0, 0.05) is 17.1 Å². The Morgan fingerprint density at radius 3 is 2.73 bits per heavy atom. The lowest BCUT2D eigenvalue weighted by Crippen LogP contribution is -2.30. The van der Waals surface area contributed by atoms with Gasteiger partial charge >= 0.3 is 0 Å². The topological polar surface area (TPSA) is 89.8 Å². The third-order valence-corrected chi connectivity index (χ3v) is 3.79. The van der Waals surface area contributed by atoms with Crippen LogP contribution in [0.3, 0.4) is 0 Å². The van der Waals surface area contributed by atoms with E-state index < -0.39 is 17.9 Å². The SMILES string of the molecule is CCc1nn(CC(=O)Nc2ccncn2)c(=O)c2ccc(C(F)F)cc12. The third-order valence-electron chi connectivity index (χ3n) is 3.79. The number of fused-ring (bicyclic) bond motifs is 1.